The summed E-state index contributed by atoms with van der Waals surface area (Å²) in [5.74, 6) is 1.58. The van der Waals surface area contributed by atoms with Gasteiger partial charge in [-0.1, -0.05) is 12.1 Å². The maximum absolute atomic E-state index is 9.73. The van der Waals surface area contributed by atoms with Crippen LogP contribution in [0.15, 0.2) is 24.3 Å². The van der Waals surface area contributed by atoms with Gasteiger partial charge in [0.1, 0.15) is 5.75 Å². The standard InChI is InChI=1S/C12H18O2S/c1-9(2)14-11-6-4-10(5-7-11)12(13)8-15-3/h4-7,9,12-13H,8H2,1-3H3. The molecule has 1 aromatic rings. The molecular formula is C12H18O2S. The predicted molar refractivity (Wildman–Crippen MR) is 65.5 cm³/mol. The van der Waals surface area contributed by atoms with Crippen molar-refractivity contribution in [1.29, 1.82) is 0 Å². The van der Waals surface area contributed by atoms with Gasteiger partial charge >= 0.3 is 0 Å². The van der Waals surface area contributed by atoms with Crippen LogP contribution in [0.3, 0.4) is 0 Å². The third-order valence-electron chi connectivity index (χ3n) is 1.96. The van der Waals surface area contributed by atoms with Gasteiger partial charge in [-0.25, -0.2) is 0 Å². The molecule has 0 aliphatic heterocycles. The second kappa shape index (κ2) is 6.03. The maximum atomic E-state index is 9.73. The first kappa shape index (κ1) is 12.4. The Balaban J connectivity index is 2.63. The summed E-state index contributed by atoms with van der Waals surface area (Å²) in [6.45, 7) is 3.99. The quantitative estimate of drug-likeness (QED) is 0.837. The van der Waals surface area contributed by atoms with Gasteiger partial charge in [-0.2, -0.15) is 11.8 Å². The van der Waals surface area contributed by atoms with Gasteiger partial charge in [0.05, 0.1) is 12.2 Å². The molecule has 0 spiro atoms. The smallest absolute Gasteiger partial charge is 0.119 e. The topological polar surface area (TPSA) is 29.5 Å². The number of ether oxygens (including phenoxy) is 1. The van der Waals surface area contributed by atoms with E-state index in [1.54, 1.807) is 11.8 Å². The molecule has 0 aromatic heterocycles. The van der Waals surface area contributed by atoms with E-state index in [1.807, 2.05) is 44.4 Å². The number of aliphatic hydroxyl groups excluding tert-OH is 1. The number of hydrogen-bond acceptors (Lipinski definition) is 3. The van der Waals surface area contributed by atoms with E-state index in [1.165, 1.54) is 0 Å². The van der Waals surface area contributed by atoms with Gasteiger partial charge in [0, 0.05) is 5.75 Å². The van der Waals surface area contributed by atoms with E-state index in [9.17, 15) is 5.11 Å². The fraction of sp³-hybridized carbons (Fsp3) is 0.500. The SMILES string of the molecule is CSCC(O)c1ccc(OC(C)C)cc1. The van der Waals surface area contributed by atoms with Crippen molar-refractivity contribution in [3.05, 3.63) is 29.8 Å². The fourth-order valence-corrected chi connectivity index (χ4v) is 1.80. The molecule has 0 fully saturated rings. The average Bonchev–Trinajstić information content (AvgIpc) is 2.18. The molecule has 0 heterocycles. The van der Waals surface area contributed by atoms with Gasteiger partial charge in [0.2, 0.25) is 0 Å². The van der Waals surface area contributed by atoms with Crippen LogP contribution in [0.2, 0.25) is 0 Å². The molecule has 0 aliphatic carbocycles. The third kappa shape index (κ3) is 4.14. The molecule has 3 heteroatoms. The Labute approximate surface area is 95.7 Å². The zero-order valence-electron chi connectivity index (χ0n) is 9.43. The van der Waals surface area contributed by atoms with Crippen molar-refractivity contribution >= 4 is 11.8 Å². The lowest BCUT2D eigenvalue weighted by molar-refractivity contribution is 0.203. The number of thioether (sulfide) groups is 1. The molecule has 0 saturated heterocycles. The normalized spacial score (nSPS) is 12.9. The van der Waals surface area contributed by atoms with Crippen LogP contribution >= 0.6 is 11.8 Å². The highest BCUT2D eigenvalue weighted by molar-refractivity contribution is 7.98. The van der Waals surface area contributed by atoms with Gasteiger partial charge in [0.25, 0.3) is 0 Å². The summed E-state index contributed by atoms with van der Waals surface area (Å²) in [6.07, 6.45) is 1.79. The van der Waals surface area contributed by atoms with Crippen molar-refractivity contribution < 1.29 is 9.84 Å². The lowest BCUT2D eigenvalue weighted by atomic mass is 10.1. The largest absolute Gasteiger partial charge is 0.491 e. The predicted octanol–water partition coefficient (Wildman–Crippen LogP) is 2.87. The Morgan fingerprint density at radius 1 is 1.27 bits per heavy atom. The number of benzene rings is 1. The van der Waals surface area contributed by atoms with E-state index in [0.717, 1.165) is 17.1 Å². The fourth-order valence-electron chi connectivity index (χ4n) is 1.29. The summed E-state index contributed by atoms with van der Waals surface area (Å²) in [5, 5.41) is 9.73. The van der Waals surface area contributed by atoms with Crippen molar-refractivity contribution in [2.45, 2.75) is 26.1 Å². The molecule has 1 aromatic carbocycles. The first-order chi connectivity index (χ1) is 7.13. The molecule has 0 radical (unpaired) electrons. The van der Waals surface area contributed by atoms with Crippen LogP contribution in [-0.4, -0.2) is 23.2 Å². The molecular weight excluding hydrogens is 208 g/mol. The van der Waals surface area contributed by atoms with Crippen LogP contribution in [0, 0.1) is 0 Å². The summed E-state index contributed by atoms with van der Waals surface area (Å²) in [6, 6.07) is 7.63. The van der Waals surface area contributed by atoms with Crippen molar-refractivity contribution in [3.8, 4) is 5.75 Å². The molecule has 0 amide bonds. The first-order valence-electron chi connectivity index (χ1n) is 5.07. The van der Waals surface area contributed by atoms with Crippen molar-refractivity contribution in [3.63, 3.8) is 0 Å². The molecule has 1 N–H and O–H groups in total. The molecule has 1 unspecified atom stereocenters. The zero-order valence-corrected chi connectivity index (χ0v) is 10.3. The molecule has 15 heavy (non-hydrogen) atoms. The number of rotatable bonds is 5. The molecule has 1 rings (SSSR count). The van der Waals surface area contributed by atoms with E-state index < -0.39 is 0 Å². The van der Waals surface area contributed by atoms with Crippen LogP contribution in [0.1, 0.15) is 25.5 Å². The highest BCUT2D eigenvalue weighted by Gasteiger charge is 2.06. The van der Waals surface area contributed by atoms with E-state index in [-0.39, 0.29) is 12.2 Å². The minimum Gasteiger partial charge on any atom is -0.491 e. The summed E-state index contributed by atoms with van der Waals surface area (Å²) >= 11 is 1.64. The summed E-state index contributed by atoms with van der Waals surface area (Å²) < 4.78 is 5.52. The summed E-state index contributed by atoms with van der Waals surface area (Å²) in [5.41, 5.74) is 0.945. The minimum atomic E-state index is -0.381. The lowest BCUT2D eigenvalue weighted by Crippen LogP contribution is -2.06. The molecule has 0 aliphatic rings. The van der Waals surface area contributed by atoms with E-state index in [2.05, 4.69) is 0 Å². The van der Waals surface area contributed by atoms with E-state index >= 15 is 0 Å². The Kier molecular flexibility index (Phi) is 4.99. The van der Waals surface area contributed by atoms with Crippen LogP contribution in [0.4, 0.5) is 0 Å². The highest BCUT2D eigenvalue weighted by atomic mass is 32.2. The van der Waals surface area contributed by atoms with Gasteiger partial charge in [-0.05, 0) is 37.8 Å². The van der Waals surface area contributed by atoms with Crippen molar-refractivity contribution in [2.75, 3.05) is 12.0 Å². The molecule has 2 nitrogen and oxygen atoms in total. The van der Waals surface area contributed by atoms with Crippen molar-refractivity contribution in [1.82, 2.24) is 0 Å². The van der Waals surface area contributed by atoms with E-state index in [0.29, 0.717) is 0 Å². The Bertz CT molecular complexity index is 282. The van der Waals surface area contributed by atoms with Gasteiger partial charge in [-0.3, -0.25) is 0 Å². The lowest BCUT2D eigenvalue weighted by Gasteiger charge is -2.12. The monoisotopic (exact) mass is 226 g/mol. The summed E-state index contributed by atoms with van der Waals surface area (Å²) in [4.78, 5) is 0. The third-order valence-corrected chi connectivity index (χ3v) is 2.61. The molecule has 0 bridgehead atoms. The van der Waals surface area contributed by atoms with Gasteiger partial charge < -0.3 is 9.84 Å². The second-order valence-electron chi connectivity index (χ2n) is 3.71. The van der Waals surface area contributed by atoms with E-state index in [4.69, 9.17) is 4.74 Å². The summed E-state index contributed by atoms with van der Waals surface area (Å²) in [7, 11) is 0. The molecule has 84 valence electrons. The van der Waals surface area contributed by atoms with Crippen LogP contribution in [-0.2, 0) is 0 Å². The molecule has 1 atom stereocenters. The second-order valence-corrected chi connectivity index (χ2v) is 4.62. The minimum absolute atomic E-state index is 0.187. The number of hydrogen-bond donors (Lipinski definition) is 1. The molecule has 0 saturated carbocycles. The Morgan fingerprint density at radius 3 is 2.33 bits per heavy atom. The Hall–Kier alpha value is -0.670. The average molecular weight is 226 g/mol. The van der Waals surface area contributed by atoms with Gasteiger partial charge in [0.15, 0.2) is 0 Å². The van der Waals surface area contributed by atoms with Crippen molar-refractivity contribution in [2.24, 2.45) is 0 Å². The first-order valence-corrected chi connectivity index (χ1v) is 6.46. The van der Waals surface area contributed by atoms with Gasteiger partial charge in [-0.15, -0.1) is 0 Å². The Morgan fingerprint density at radius 2 is 1.87 bits per heavy atom. The number of aliphatic hydroxyl groups is 1. The maximum Gasteiger partial charge on any atom is 0.119 e. The van der Waals surface area contributed by atoms with Crippen LogP contribution < -0.4 is 4.74 Å². The van der Waals surface area contributed by atoms with Crippen LogP contribution in [0.5, 0.6) is 5.75 Å². The van der Waals surface area contributed by atoms with Crippen LogP contribution in [0.25, 0.3) is 0 Å². The zero-order chi connectivity index (χ0) is 11.3. The highest BCUT2D eigenvalue weighted by Crippen LogP contribution is 2.20.